The highest BCUT2D eigenvalue weighted by Crippen LogP contribution is 2.35. The lowest BCUT2D eigenvalue weighted by Crippen LogP contribution is -2.36. The molecule has 0 radical (unpaired) electrons. The summed E-state index contributed by atoms with van der Waals surface area (Å²) >= 11 is 0. The van der Waals surface area contributed by atoms with E-state index in [1.807, 2.05) is 53.6 Å². The number of carbonyl (C=O) groups excluding carboxylic acids is 1. The zero-order chi connectivity index (χ0) is 22.1. The van der Waals surface area contributed by atoms with Crippen LogP contribution in [0.1, 0.15) is 34.6 Å². The Kier molecular flexibility index (Phi) is 5.19. The zero-order valence-electron chi connectivity index (χ0n) is 17.5. The van der Waals surface area contributed by atoms with Gasteiger partial charge in [-0.1, -0.05) is 54.6 Å². The van der Waals surface area contributed by atoms with Crippen molar-refractivity contribution in [2.75, 3.05) is 6.54 Å². The lowest BCUT2D eigenvalue weighted by Gasteiger charge is -2.30. The number of nitrogens with one attached hydrogen (secondary N) is 1. The Labute approximate surface area is 185 Å². The number of hydrogen-bond acceptors (Lipinski definition) is 3. The largest absolute Gasteiger partial charge is 0.361 e. The molecule has 1 N–H and O–H groups in total. The number of carbonyl (C=O) groups is 1. The molecule has 2 heterocycles. The molecule has 6 heteroatoms. The van der Waals surface area contributed by atoms with Crippen LogP contribution in [0, 0.1) is 10.1 Å². The molecule has 1 aliphatic heterocycles. The van der Waals surface area contributed by atoms with Crippen LogP contribution >= 0.6 is 0 Å². The number of benzene rings is 3. The van der Waals surface area contributed by atoms with Gasteiger partial charge in [-0.2, -0.15) is 0 Å². The van der Waals surface area contributed by atoms with Gasteiger partial charge >= 0.3 is 0 Å². The van der Waals surface area contributed by atoms with Gasteiger partial charge in [0.15, 0.2) is 0 Å². The summed E-state index contributed by atoms with van der Waals surface area (Å²) in [5.41, 5.74) is 5.25. The first-order valence-electron chi connectivity index (χ1n) is 10.7. The van der Waals surface area contributed by atoms with E-state index < -0.39 is 0 Å². The average molecular weight is 425 g/mol. The maximum Gasteiger partial charge on any atom is 0.269 e. The highest BCUT2D eigenvalue weighted by Gasteiger charge is 2.27. The van der Waals surface area contributed by atoms with Gasteiger partial charge in [0.05, 0.1) is 4.92 Å². The van der Waals surface area contributed by atoms with Crippen molar-refractivity contribution >= 4 is 22.5 Å². The third-order valence-corrected chi connectivity index (χ3v) is 6.34. The molecule has 0 spiro atoms. The SMILES string of the molecule is O=C(CC(c1cccc([N+](=O)[O-])c1)c1c[nH]c2ccccc12)N1CCc2ccccc2C1. The number of para-hydroxylation sites is 1. The summed E-state index contributed by atoms with van der Waals surface area (Å²) in [6.45, 7) is 1.29. The van der Waals surface area contributed by atoms with Crippen molar-refractivity contribution in [3.63, 3.8) is 0 Å². The molecular formula is C26H23N3O3. The van der Waals surface area contributed by atoms with E-state index >= 15 is 0 Å². The van der Waals surface area contributed by atoms with Crippen molar-refractivity contribution in [3.8, 4) is 0 Å². The van der Waals surface area contributed by atoms with E-state index in [-0.39, 0.29) is 28.9 Å². The van der Waals surface area contributed by atoms with Crippen LogP contribution in [-0.4, -0.2) is 27.3 Å². The zero-order valence-corrected chi connectivity index (χ0v) is 17.5. The minimum absolute atomic E-state index is 0.0340. The summed E-state index contributed by atoms with van der Waals surface area (Å²) in [7, 11) is 0. The van der Waals surface area contributed by atoms with Gasteiger partial charge in [-0.3, -0.25) is 14.9 Å². The Balaban J connectivity index is 1.50. The van der Waals surface area contributed by atoms with E-state index in [1.165, 1.54) is 17.2 Å². The average Bonchev–Trinajstić information content (AvgIpc) is 3.26. The lowest BCUT2D eigenvalue weighted by molar-refractivity contribution is -0.384. The van der Waals surface area contributed by atoms with Crippen LogP contribution in [0.4, 0.5) is 5.69 Å². The smallest absolute Gasteiger partial charge is 0.269 e. The summed E-state index contributed by atoms with van der Waals surface area (Å²) in [5, 5.41) is 12.4. The number of H-pyrrole nitrogens is 1. The van der Waals surface area contributed by atoms with Gasteiger partial charge in [-0.15, -0.1) is 0 Å². The number of nitro groups is 1. The molecule has 0 saturated carbocycles. The predicted molar refractivity (Wildman–Crippen MR) is 123 cm³/mol. The molecule has 1 amide bonds. The van der Waals surface area contributed by atoms with Crippen LogP contribution in [0.2, 0.25) is 0 Å². The van der Waals surface area contributed by atoms with Crippen LogP contribution in [0.5, 0.6) is 0 Å². The van der Waals surface area contributed by atoms with Crippen molar-refractivity contribution in [2.24, 2.45) is 0 Å². The van der Waals surface area contributed by atoms with Crippen LogP contribution in [0.25, 0.3) is 10.9 Å². The molecule has 3 aromatic carbocycles. The molecule has 0 saturated heterocycles. The Morgan fingerprint density at radius 3 is 2.66 bits per heavy atom. The van der Waals surface area contributed by atoms with Crippen molar-refractivity contribution in [1.82, 2.24) is 9.88 Å². The highest BCUT2D eigenvalue weighted by molar-refractivity contribution is 5.86. The molecule has 1 aromatic heterocycles. The molecular weight excluding hydrogens is 402 g/mol. The second-order valence-electron chi connectivity index (χ2n) is 8.23. The number of aromatic amines is 1. The first-order chi connectivity index (χ1) is 15.6. The number of fused-ring (bicyclic) bond motifs is 2. The molecule has 0 bridgehead atoms. The molecule has 4 aromatic rings. The number of amides is 1. The van der Waals surface area contributed by atoms with E-state index in [9.17, 15) is 14.9 Å². The van der Waals surface area contributed by atoms with Crippen molar-refractivity contribution in [3.05, 3.63) is 111 Å². The van der Waals surface area contributed by atoms with Crippen LogP contribution in [-0.2, 0) is 17.8 Å². The first kappa shape index (κ1) is 20.0. The standard InChI is InChI=1S/C26H23N3O3/c30-26(28-13-12-18-6-1-2-7-20(18)17-28)15-23(19-8-5-9-21(14-19)29(31)32)24-16-27-25-11-4-3-10-22(24)25/h1-11,14,16,23,27H,12-13,15,17H2. The lowest BCUT2D eigenvalue weighted by atomic mass is 9.87. The first-order valence-corrected chi connectivity index (χ1v) is 10.7. The van der Waals surface area contributed by atoms with E-state index in [0.717, 1.165) is 28.5 Å². The minimum Gasteiger partial charge on any atom is -0.361 e. The van der Waals surface area contributed by atoms with E-state index in [1.54, 1.807) is 12.1 Å². The summed E-state index contributed by atoms with van der Waals surface area (Å²) in [6, 6.07) is 22.8. The number of nitrogens with zero attached hydrogens (tertiary/aromatic N) is 2. The normalized spacial score (nSPS) is 14.2. The number of rotatable bonds is 5. The summed E-state index contributed by atoms with van der Waals surface area (Å²) < 4.78 is 0. The fraction of sp³-hybridized carbons (Fsp3) is 0.192. The second kappa shape index (κ2) is 8.30. The summed E-state index contributed by atoms with van der Waals surface area (Å²) in [6.07, 6.45) is 3.02. The quantitative estimate of drug-likeness (QED) is 0.353. The van der Waals surface area contributed by atoms with Gasteiger partial charge in [0, 0.05) is 54.7 Å². The number of hydrogen-bond donors (Lipinski definition) is 1. The van der Waals surface area contributed by atoms with Gasteiger partial charge in [0.1, 0.15) is 0 Å². The Bertz CT molecular complexity index is 1310. The van der Waals surface area contributed by atoms with Gasteiger partial charge in [-0.25, -0.2) is 0 Å². The number of non-ortho nitro benzene ring substituents is 1. The molecule has 1 aliphatic rings. The van der Waals surface area contributed by atoms with Crippen LogP contribution < -0.4 is 0 Å². The molecule has 1 unspecified atom stereocenters. The van der Waals surface area contributed by atoms with E-state index in [4.69, 9.17) is 0 Å². The van der Waals surface area contributed by atoms with Crippen molar-refractivity contribution < 1.29 is 9.72 Å². The fourth-order valence-corrected chi connectivity index (χ4v) is 4.66. The van der Waals surface area contributed by atoms with E-state index in [0.29, 0.717) is 13.1 Å². The molecule has 5 rings (SSSR count). The third-order valence-electron chi connectivity index (χ3n) is 6.34. The molecule has 0 aliphatic carbocycles. The Morgan fingerprint density at radius 1 is 1.03 bits per heavy atom. The van der Waals surface area contributed by atoms with E-state index in [2.05, 4.69) is 17.1 Å². The predicted octanol–water partition coefficient (Wildman–Crippen LogP) is 5.18. The second-order valence-corrected chi connectivity index (χ2v) is 8.23. The van der Waals surface area contributed by atoms with Crippen LogP contribution in [0.3, 0.4) is 0 Å². The number of aromatic nitrogens is 1. The van der Waals surface area contributed by atoms with Gasteiger partial charge in [0.25, 0.3) is 5.69 Å². The van der Waals surface area contributed by atoms with Crippen LogP contribution in [0.15, 0.2) is 79.0 Å². The summed E-state index contributed by atoms with van der Waals surface area (Å²) in [4.78, 5) is 29.6. The van der Waals surface area contributed by atoms with Gasteiger partial charge in [0.2, 0.25) is 5.91 Å². The Morgan fingerprint density at radius 2 is 1.81 bits per heavy atom. The molecule has 160 valence electrons. The fourth-order valence-electron chi connectivity index (χ4n) is 4.66. The molecule has 6 nitrogen and oxygen atoms in total. The molecule has 0 fully saturated rings. The number of nitro benzene ring substituents is 1. The third kappa shape index (κ3) is 3.75. The summed E-state index contributed by atoms with van der Waals surface area (Å²) in [5.74, 6) is -0.225. The maximum atomic E-state index is 13.4. The van der Waals surface area contributed by atoms with Gasteiger partial charge in [-0.05, 0) is 34.7 Å². The topological polar surface area (TPSA) is 79.2 Å². The van der Waals surface area contributed by atoms with Gasteiger partial charge < -0.3 is 9.88 Å². The monoisotopic (exact) mass is 425 g/mol. The Hall–Kier alpha value is -3.93. The highest BCUT2D eigenvalue weighted by atomic mass is 16.6. The maximum absolute atomic E-state index is 13.4. The van der Waals surface area contributed by atoms with Crippen molar-refractivity contribution in [1.29, 1.82) is 0 Å². The molecule has 1 atom stereocenters. The minimum atomic E-state index is -0.390. The van der Waals surface area contributed by atoms with Crippen molar-refractivity contribution in [2.45, 2.75) is 25.3 Å². The molecule has 32 heavy (non-hydrogen) atoms.